The van der Waals surface area contributed by atoms with Gasteiger partial charge in [-0.2, -0.15) is 9.50 Å². The Morgan fingerprint density at radius 1 is 0.871 bits per heavy atom. The predicted octanol–water partition coefficient (Wildman–Crippen LogP) is 2.56. The molecule has 2 aromatic heterocycles. The molecular formula is C21H28BN3O6. The number of fused-ring (bicyclic) bond motifs is 1. The molecule has 2 heterocycles. The highest BCUT2D eigenvalue weighted by atomic mass is 16.5. The zero-order valence-electron chi connectivity index (χ0n) is 18.6. The molecule has 2 N–H and O–H groups in total. The number of ether oxygens (including phenoxy) is 4. The Kier molecular flexibility index (Phi) is 6.92. The molecule has 0 aliphatic heterocycles. The Hall–Kier alpha value is -2.98. The van der Waals surface area contributed by atoms with Crippen molar-refractivity contribution in [2.75, 3.05) is 0 Å². The van der Waals surface area contributed by atoms with E-state index in [0.29, 0.717) is 5.75 Å². The lowest BCUT2D eigenvalue weighted by Gasteiger charge is -2.15. The zero-order valence-corrected chi connectivity index (χ0v) is 18.6. The van der Waals surface area contributed by atoms with Gasteiger partial charge in [0.05, 0.1) is 23.8 Å². The summed E-state index contributed by atoms with van der Waals surface area (Å²) in [6, 6.07) is 9.07. The van der Waals surface area contributed by atoms with Crippen molar-refractivity contribution in [3.05, 3.63) is 30.3 Å². The van der Waals surface area contributed by atoms with Crippen molar-refractivity contribution in [3.8, 4) is 29.3 Å². The maximum absolute atomic E-state index is 10.2. The van der Waals surface area contributed by atoms with Crippen molar-refractivity contribution in [1.82, 2.24) is 14.6 Å². The van der Waals surface area contributed by atoms with E-state index in [9.17, 15) is 10.0 Å². The van der Waals surface area contributed by atoms with E-state index >= 15 is 0 Å². The Morgan fingerprint density at radius 2 is 1.48 bits per heavy atom. The Bertz CT molecular complexity index is 1020. The van der Waals surface area contributed by atoms with Gasteiger partial charge in [0.25, 0.3) is 5.88 Å². The lowest BCUT2D eigenvalue weighted by molar-refractivity contribution is 0.186. The van der Waals surface area contributed by atoms with Crippen molar-refractivity contribution in [2.45, 2.75) is 59.9 Å². The summed E-state index contributed by atoms with van der Waals surface area (Å²) >= 11 is 0. The lowest BCUT2D eigenvalue weighted by atomic mass is 9.80. The second-order valence-corrected chi connectivity index (χ2v) is 7.80. The van der Waals surface area contributed by atoms with Gasteiger partial charge in [0.2, 0.25) is 5.88 Å². The van der Waals surface area contributed by atoms with Crippen LogP contribution in [0.25, 0.3) is 5.52 Å². The standard InChI is InChI=1S/C21H28BN3O6/c1-12(2)28-18-16(22(26)27)17-19(31-15-10-8-7-9-11-15)23-21(30-14(5)6)24-25(17)20(18)29-13(3)4/h7-14,26-27H,1-6H3. The summed E-state index contributed by atoms with van der Waals surface area (Å²) in [5.41, 5.74) is 0.257. The zero-order chi connectivity index (χ0) is 22.7. The number of hydrogen-bond acceptors (Lipinski definition) is 8. The van der Waals surface area contributed by atoms with Gasteiger partial charge in [-0.05, 0) is 53.7 Å². The molecule has 1 aromatic carbocycles. The van der Waals surface area contributed by atoms with Crippen molar-refractivity contribution < 1.29 is 29.0 Å². The third-order valence-corrected chi connectivity index (χ3v) is 3.94. The van der Waals surface area contributed by atoms with Crippen LogP contribution < -0.4 is 24.4 Å². The van der Waals surface area contributed by atoms with E-state index in [0.717, 1.165) is 0 Å². The summed E-state index contributed by atoms with van der Waals surface area (Å²) in [7, 11) is -1.88. The molecule has 0 saturated carbocycles. The monoisotopic (exact) mass is 429 g/mol. The molecule has 0 aliphatic rings. The van der Waals surface area contributed by atoms with Crippen LogP contribution in [0.3, 0.4) is 0 Å². The van der Waals surface area contributed by atoms with Gasteiger partial charge in [0.1, 0.15) is 11.3 Å². The lowest BCUT2D eigenvalue weighted by Crippen LogP contribution is -2.32. The maximum Gasteiger partial charge on any atom is 0.494 e. The first kappa shape index (κ1) is 22.7. The van der Waals surface area contributed by atoms with Gasteiger partial charge in [0, 0.05) is 0 Å². The van der Waals surface area contributed by atoms with Crippen molar-refractivity contribution in [1.29, 1.82) is 0 Å². The van der Waals surface area contributed by atoms with E-state index in [1.807, 2.05) is 59.7 Å². The fourth-order valence-corrected chi connectivity index (χ4v) is 2.93. The van der Waals surface area contributed by atoms with Gasteiger partial charge in [-0.1, -0.05) is 18.2 Å². The number of nitrogens with zero attached hydrogens (tertiary/aromatic N) is 3. The fraction of sp³-hybridized carbons (Fsp3) is 0.429. The summed E-state index contributed by atoms with van der Waals surface area (Å²) < 4.78 is 25.0. The van der Waals surface area contributed by atoms with Crippen LogP contribution in [0.2, 0.25) is 0 Å². The second-order valence-electron chi connectivity index (χ2n) is 7.80. The summed E-state index contributed by atoms with van der Waals surface area (Å²) in [5.74, 6) is 0.950. The average Bonchev–Trinajstić information content (AvgIpc) is 2.95. The average molecular weight is 429 g/mol. The minimum Gasteiger partial charge on any atom is -0.486 e. The molecule has 0 saturated heterocycles. The normalized spacial score (nSPS) is 11.5. The molecule has 0 radical (unpaired) electrons. The number of rotatable bonds is 9. The van der Waals surface area contributed by atoms with Crippen LogP contribution in [-0.4, -0.2) is 50.1 Å². The molecule has 3 aromatic rings. The van der Waals surface area contributed by atoms with Crippen LogP contribution in [0.5, 0.6) is 29.3 Å². The van der Waals surface area contributed by atoms with Crippen LogP contribution in [0.15, 0.2) is 30.3 Å². The Morgan fingerprint density at radius 3 is 2.03 bits per heavy atom. The molecule has 0 spiro atoms. The van der Waals surface area contributed by atoms with Crippen LogP contribution in [-0.2, 0) is 0 Å². The highest BCUT2D eigenvalue weighted by Gasteiger charge is 2.34. The topological polar surface area (TPSA) is 108 Å². The first-order valence-electron chi connectivity index (χ1n) is 10.2. The molecule has 10 heteroatoms. The van der Waals surface area contributed by atoms with Gasteiger partial charge >= 0.3 is 13.1 Å². The van der Waals surface area contributed by atoms with Crippen LogP contribution in [0.1, 0.15) is 41.5 Å². The minimum atomic E-state index is -1.88. The summed E-state index contributed by atoms with van der Waals surface area (Å²) in [6.45, 7) is 11.1. The number of benzene rings is 1. The molecule has 0 unspecified atom stereocenters. The highest BCUT2D eigenvalue weighted by Crippen LogP contribution is 2.36. The van der Waals surface area contributed by atoms with E-state index in [-0.39, 0.29) is 52.8 Å². The van der Waals surface area contributed by atoms with E-state index < -0.39 is 7.12 Å². The molecule has 9 nitrogen and oxygen atoms in total. The van der Waals surface area contributed by atoms with Gasteiger partial charge in [0.15, 0.2) is 5.75 Å². The molecule has 0 bridgehead atoms. The molecule has 0 fully saturated rings. The van der Waals surface area contributed by atoms with E-state index in [2.05, 4.69) is 10.1 Å². The molecule has 0 aliphatic carbocycles. The third kappa shape index (κ3) is 5.20. The molecule has 166 valence electrons. The van der Waals surface area contributed by atoms with E-state index in [1.54, 1.807) is 12.1 Å². The van der Waals surface area contributed by atoms with Crippen LogP contribution in [0, 0.1) is 0 Å². The van der Waals surface area contributed by atoms with Crippen molar-refractivity contribution in [3.63, 3.8) is 0 Å². The summed E-state index contributed by atoms with van der Waals surface area (Å²) in [5, 5.41) is 24.9. The fourth-order valence-electron chi connectivity index (χ4n) is 2.93. The molecule has 0 amide bonds. The number of hydrogen-bond donors (Lipinski definition) is 2. The minimum absolute atomic E-state index is 0.0476. The Balaban J connectivity index is 2.34. The number of aromatic nitrogens is 3. The third-order valence-electron chi connectivity index (χ3n) is 3.94. The first-order chi connectivity index (χ1) is 14.7. The van der Waals surface area contributed by atoms with E-state index in [4.69, 9.17) is 18.9 Å². The molecule has 0 atom stereocenters. The molecule has 3 rings (SSSR count). The second kappa shape index (κ2) is 9.44. The maximum atomic E-state index is 10.2. The van der Waals surface area contributed by atoms with Gasteiger partial charge in [-0.25, -0.2) is 0 Å². The molecular weight excluding hydrogens is 401 g/mol. The predicted molar refractivity (Wildman–Crippen MR) is 117 cm³/mol. The van der Waals surface area contributed by atoms with Crippen LogP contribution in [0.4, 0.5) is 0 Å². The smallest absolute Gasteiger partial charge is 0.486 e. The van der Waals surface area contributed by atoms with Gasteiger partial charge < -0.3 is 29.0 Å². The van der Waals surface area contributed by atoms with Crippen molar-refractivity contribution >= 4 is 18.1 Å². The van der Waals surface area contributed by atoms with Crippen molar-refractivity contribution in [2.24, 2.45) is 0 Å². The highest BCUT2D eigenvalue weighted by molar-refractivity contribution is 6.62. The van der Waals surface area contributed by atoms with Crippen LogP contribution >= 0.6 is 0 Å². The van der Waals surface area contributed by atoms with Gasteiger partial charge in [-0.15, -0.1) is 5.10 Å². The number of para-hydroxylation sites is 1. The Labute approximate surface area is 181 Å². The van der Waals surface area contributed by atoms with E-state index in [1.165, 1.54) is 4.52 Å². The first-order valence-corrected chi connectivity index (χ1v) is 10.2. The summed E-state index contributed by atoms with van der Waals surface area (Å²) in [6.07, 6.45) is -0.692. The summed E-state index contributed by atoms with van der Waals surface area (Å²) in [4.78, 5) is 4.38. The SMILES string of the molecule is CC(C)Oc1nc(Oc2ccccc2)c2c(B(O)O)c(OC(C)C)c(OC(C)C)n2n1. The van der Waals surface area contributed by atoms with Gasteiger partial charge in [-0.3, -0.25) is 0 Å². The quantitative estimate of drug-likeness (QED) is 0.500. The largest absolute Gasteiger partial charge is 0.494 e. The molecule has 31 heavy (non-hydrogen) atoms.